The van der Waals surface area contributed by atoms with Crippen LogP contribution in [0.2, 0.25) is 0 Å². The summed E-state index contributed by atoms with van der Waals surface area (Å²) in [6.07, 6.45) is 3.08. The molecule has 1 aliphatic rings. The Hall–Kier alpha value is -3.37. The summed E-state index contributed by atoms with van der Waals surface area (Å²) >= 11 is 0. The number of aromatic nitrogens is 1. The lowest BCUT2D eigenvalue weighted by molar-refractivity contribution is 0.0912. The molecule has 1 aliphatic heterocycles. The van der Waals surface area contributed by atoms with E-state index in [9.17, 15) is 4.79 Å². The molecule has 1 saturated heterocycles. The smallest absolute Gasteiger partial charge is 0.253 e. The molecular formula is C31H35N3O. The van der Waals surface area contributed by atoms with Crippen LogP contribution < -0.4 is 5.32 Å². The fourth-order valence-corrected chi connectivity index (χ4v) is 5.34. The lowest BCUT2D eigenvalue weighted by atomic mass is 10.0. The number of likely N-dealkylation sites (tertiary alicyclic amines) is 1. The minimum atomic E-state index is 0.0626. The molecule has 4 aromatic rings. The molecule has 1 aromatic heterocycles. The van der Waals surface area contributed by atoms with Crippen molar-refractivity contribution in [2.75, 3.05) is 19.6 Å². The van der Waals surface area contributed by atoms with Gasteiger partial charge < -0.3 is 14.8 Å². The maximum atomic E-state index is 13.6. The molecule has 0 aliphatic carbocycles. The summed E-state index contributed by atoms with van der Waals surface area (Å²) in [5, 5.41) is 4.43. The highest BCUT2D eigenvalue weighted by atomic mass is 16.1. The van der Waals surface area contributed by atoms with Crippen LogP contribution >= 0.6 is 0 Å². The number of hydrogen-bond donors (Lipinski definition) is 1. The topological polar surface area (TPSA) is 37.3 Å². The molecule has 0 unspecified atom stereocenters. The van der Waals surface area contributed by atoms with E-state index in [2.05, 4.69) is 101 Å². The summed E-state index contributed by atoms with van der Waals surface area (Å²) in [5.41, 5.74) is 6.79. The average molecular weight is 466 g/mol. The molecule has 1 amide bonds. The van der Waals surface area contributed by atoms with Crippen LogP contribution in [0.25, 0.3) is 10.9 Å². The van der Waals surface area contributed by atoms with Gasteiger partial charge >= 0.3 is 0 Å². The van der Waals surface area contributed by atoms with Gasteiger partial charge in [-0.15, -0.1) is 0 Å². The average Bonchev–Trinajstić information content (AvgIpc) is 3.15. The molecule has 35 heavy (non-hydrogen) atoms. The monoisotopic (exact) mass is 465 g/mol. The van der Waals surface area contributed by atoms with E-state index >= 15 is 0 Å². The van der Waals surface area contributed by atoms with Gasteiger partial charge in [-0.3, -0.25) is 4.79 Å². The van der Waals surface area contributed by atoms with Crippen molar-refractivity contribution in [1.82, 2.24) is 14.8 Å². The minimum Gasteiger partial charge on any atom is -0.349 e. The first-order valence-electron chi connectivity index (χ1n) is 12.8. The van der Waals surface area contributed by atoms with Crippen molar-refractivity contribution < 1.29 is 4.79 Å². The summed E-state index contributed by atoms with van der Waals surface area (Å²) in [5.74, 6) is 0.0626. The van der Waals surface area contributed by atoms with Crippen molar-refractivity contribution in [3.63, 3.8) is 0 Å². The molecule has 1 fully saturated rings. The van der Waals surface area contributed by atoms with Crippen LogP contribution in [0.4, 0.5) is 0 Å². The summed E-state index contributed by atoms with van der Waals surface area (Å²) in [6.45, 7) is 8.09. The molecule has 4 heteroatoms. The standard InChI is InChI=1S/C31H35N3O/c1-23-13-14-29-28(21-23)30(24(2)34(29)22-26-11-7-4-8-12-26)31(35)32-27-16-19-33(20-17-27)18-15-25-9-5-3-6-10-25/h3-14,21,27H,15-20,22H2,1-2H3,(H,32,35). The van der Waals surface area contributed by atoms with Crippen molar-refractivity contribution in [2.24, 2.45) is 0 Å². The van der Waals surface area contributed by atoms with Gasteiger partial charge in [0.1, 0.15) is 0 Å². The Kier molecular flexibility index (Phi) is 7.01. The SMILES string of the molecule is Cc1ccc2c(c1)c(C(=O)NC1CCN(CCc3ccccc3)CC1)c(C)n2Cc1ccccc1. The number of amides is 1. The Labute approximate surface area is 208 Å². The fraction of sp³-hybridized carbons (Fsp3) is 0.323. The largest absolute Gasteiger partial charge is 0.349 e. The summed E-state index contributed by atoms with van der Waals surface area (Å²) in [4.78, 5) is 16.1. The van der Waals surface area contributed by atoms with Crippen molar-refractivity contribution in [1.29, 1.82) is 0 Å². The molecule has 3 aromatic carbocycles. The summed E-state index contributed by atoms with van der Waals surface area (Å²) in [6, 6.07) is 27.8. The second-order valence-corrected chi connectivity index (χ2v) is 9.88. The first-order chi connectivity index (χ1) is 17.1. The number of hydrogen-bond acceptors (Lipinski definition) is 2. The second kappa shape index (κ2) is 10.5. The van der Waals surface area contributed by atoms with Gasteiger partial charge in [0.05, 0.1) is 5.56 Å². The predicted molar refractivity (Wildman–Crippen MR) is 144 cm³/mol. The Morgan fingerprint density at radius 3 is 2.23 bits per heavy atom. The normalized spacial score (nSPS) is 14.9. The van der Waals surface area contributed by atoms with Crippen LogP contribution in [-0.2, 0) is 13.0 Å². The van der Waals surface area contributed by atoms with Gasteiger partial charge in [0.25, 0.3) is 5.91 Å². The number of carbonyl (C=O) groups is 1. The third-order valence-corrected chi connectivity index (χ3v) is 7.37. The number of carbonyl (C=O) groups excluding carboxylic acids is 1. The molecule has 4 nitrogen and oxygen atoms in total. The van der Waals surface area contributed by atoms with Crippen LogP contribution in [0.15, 0.2) is 78.9 Å². The van der Waals surface area contributed by atoms with Crippen LogP contribution in [0, 0.1) is 13.8 Å². The van der Waals surface area contributed by atoms with Gasteiger partial charge in [-0.05, 0) is 56.4 Å². The zero-order chi connectivity index (χ0) is 24.2. The zero-order valence-corrected chi connectivity index (χ0v) is 20.8. The first kappa shape index (κ1) is 23.4. The lowest BCUT2D eigenvalue weighted by Crippen LogP contribution is -2.45. The van der Waals surface area contributed by atoms with E-state index in [1.807, 2.05) is 6.07 Å². The van der Waals surface area contributed by atoms with Crippen molar-refractivity contribution in [2.45, 2.75) is 45.7 Å². The van der Waals surface area contributed by atoms with Crippen molar-refractivity contribution in [3.8, 4) is 0 Å². The van der Waals surface area contributed by atoms with E-state index in [1.165, 1.54) is 16.7 Å². The Bertz CT molecular complexity index is 1290. The molecule has 0 atom stereocenters. The third-order valence-electron chi connectivity index (χ3n) is 7.37. The number of fused-ring (bicyclic) bond motifs is 1. The fourth-order valence-electron chi connectivity index (χ4n) is 5.34. The van der Waals surface area contributed by atoms with Crippen LogP contribution in [0.3, 0.4) is 0 Å². The van der Waals surface area contributed by atoms with E-state index in [0.717, 1.165) is 67.6 Å². The van der Waals surface area contributed by atoms with Gasteiger partial charge in [0, 0.05) is 48.8 Å². The number of rotatable bonds is 7. The molecule has 0 spiro atoms. The molecule has 180 valence electrons. The van der Waals surface area contributed by atoms with Gasteiger partial charge in [-0.25, -0.2) is 0 Å². The summed E-state index contributed by atoms with van der Waals surface area (Å²) in [7, 11) is 0. The first-order valence-corrected chi connectivity index (χ1v) is 12.8. The van der Waals surface area contributed by atoms with Crippen LogP contribution in [0.5, 0.6) is 0 Å². The molecule has 2 heterocycles. The number of piperidine rings is 1. The lowest BCUT2D eigenvalue weighted by Gasteiger charge is -2.32. The van der Waals surface area contributed by atoms with Crippen molar-refractivity contribution >= 4 is 16.8 Å². The molecule has 1 N–H and O–H groups in total. The molecular weight excluding hydrogens is 430 g/mol. The van der Waals surface area contributed by atoms with E-state index in [0.29, 0.717) is 0 Å². The molecule has 0 radical (unpaired) electrons. The Morgan fingerprint density at radius 2 is 1.54 bits per heavy atom. The van der Waals surface area contributed by atoms with E-state index in [-0.39, 0.29) is 11.9 Å². The van der Waals surface area contributed by atoms with Gasteiger partial charge in [0.2, 0.25) is 0 Å². The second-order valence-electron chi connectivity index (χ2n) is 9.88. The highest BCUT2D eigenvalue weighted by Crippen LogP contribution is 2.28. The number of aryl methyl sites for hydroxylation is 1. The predicted octanol–water partition coefficient (Wildman–Crippen LogP) is 5.74. The number of benzene rings is 3. The van der Waals surface area contributed by atoms with Gasteiger partial charge in [-0.1, -0.05) is 72.3 Å². The molecule has 0 saturated carbocycles. The Balaban J connectivity index is 1.28. The van der Waals surface area contributed by atoms with Gasteiger partial charge in [0.15, 0.2) is 0 Å². The van der Waals surface area contributed by atoms with E-state index in [4.69, 9.17) is 0 Å². The molecule has 5 rings (SSSR count). The maximum absolute atomic E-state index is 13.6. The van der Waals surface area contributed by atoms with E-state index in [1.54, 1.807) is 0 Å². The zero-order valence-electron chi connectivity index (χ0n) is 20.8. The highest BCUT2D eigenvalue weighted by Gasteiger charge is 2.25. The quantitative estimate of drug-likeness (QED) is 0.378. The van der Waals surface area contributed by atoms with Gasteiger partial charge in [-0.2, -0.15) is 0 Å². The van der Waals surface area contributed by atoms with Crippen molar-refractivity contribution in [3.05, 3.63) is 107 Å². The minimum absolute atomic E-state index is 0.0626. The summed E-state index contributed by atoms with van der Waals surface area (Å²) < 4.78 is 2.28. The third kappa shape index (κ3) is 5.33. The van der Waals surface area contributed by atoms with E-state index < -0.39 is 0 Å². The highest BCUT2D eigenvalue weighted by molar-refractivity contribution is 6.08. The Morgan fingerprint density at radius 1 is 0.886 bits per heavy atom. The van der Waals surface area contributed by atoms with Crippen LogP contribution in [0.1, 0.15) is 45.6 Å². The molecule has 0 bridgehead atoms. The number of nitrogens with zero attached hydrogens (tertiary/aromatic N) is 2. The van der Waals surface area contributed by atoms with Crippen LogP contribution in [-0.4, -0.2) is 41.1 Å². The number of nitrogens with one attached hydrogen (secondary N) is 1. The maximum Gasteiger partial charge on any atom is 0.253 e.